The van der Waals surface area contributed by atoms with Crippen molar-refractivity contribution in [3.63, 3.8) is 0 Å². The third-order valence-corrected chi connectivity index (χ3v) is 7.23. The van der Waals surface area contributed by atoms with Crippen molar-refractivity contribution in [2.24, 2.45) is 0 Å². The number of carbonyl (C=O) groups is 2. The average molecular weight is 475 g/mol. The lowest BCUT2D eigenvalue weighted by atomic mass is 9.94. The van der Waals surface area contributed by atoms with E-state index in [0.717, 1.165) is 0 Å². The summed E-state index contributed by atoms with van der Waals surface area (Å²) in [6.45, 7) is 3.41. The van der Waals surface area contributed by atoms with E-state index in [4.69, 9.17) is 4.74 Å². The summed E-state index contributed by atoms with van der Waals surface area (Å²) in [5.74, 6) is -1.24. The van der Waals surface area contributed by atoms with Crippen LogP contribution in [-0.4, -0.2) is 49.5 Å². The van der Waals surface area contributed by atoms with Gasteiger partial charge in [-0.15, -0.1) is 0 Å². The first-order valence-electron chi connectivity index (χ1n) is 8.77. The molecule has 1 aromatic rings. The lowest BCUT2D eigenvalue weighted by molar-refractivity contribution is -0.139. The predicted octanol–water partition coefficient (Wildman–Crippen LogP) is 2.68. The molecule has 152 valence electrons. The summed E-state index contributed by atoms with van der Waals surface area (Å²) in [5, 5.41) is 2.74. The van der Waals surface area contributed by atoms with Crippen molar-refractivity contribution < 1.29 is 27.1 Å². The van der Waals surface area contributed by atoms with Crippen LogP contribution < -0.4 is 5.32 Å². The number of halogens is 2. The van der Waals surface area contributed by atoms with E-state index in [2.05, 4.69) is 21.2 Å². The first kappa shape index (κ1) is 20.8. The number of benzene rings is 1. The molecule has 1 N–H and O–H groups in total. The van der Waals surface area contributed by atoms with E-state index in [1.807, 2.05) is 0 Å². The molecule has 1 fully saturated rings. The monoisotopic (exact) mass is 474 g/mol. The van der Waals surface area contributed by atoms with Crippen molar-refractivity contribution in [1.82, 2.24) is 10.2 Å². The number of nitrogens with zero attached hydrogens (tertiary/aromatic N) is 1. The molecule has 3 rings (SSSR count). The SMILES string of the molecule is CCOC(=O)C1=C(C)N([C@H]2CCS(=O)(=O)C2)C(=O)N[C@H]1c1ccc(F)c(Br)c1. The minimum atomic E-state index is -3.22. The summed E-state index contributed by atoms with van der Waals surface area (Å²) in [7, 11) is -3.22. The minimum Gasteiger partial charge on any atom is -0.463 e. The van der Waals surface area contributed by atoms with Gasteiger partial charge in [0.2, 0.25) is 0 Å². The molecule has 10 heteroatoms. The van der Waals surface area contributed by atoms with Crippen LogP contribution in [0.1, 0.15) is 31.9 Å². The Bertz CT molecular complexity index is 963. The molecule has 1 saturated heterocycles. The van der Waals surface area contributed by atoms with Gasteiger partial charge in [-0.25, -0.2) is 22.4 Å². The van der Waals surface area contributed by atoms with Crippen LogP contribution in [0.5, 0.6) is 0 Å². The second-order valence-electron chi connectivity index (χ2n) is 6.70. The number of allylic oxidation sites excluding steroid dienone is 1. The van der Waals surface area contributed by atoms with Gasteiger partial charge < -0.3 is 10.1 Å². The van der Waals surface area contributed by atoms with E-state index < -0.39 is 39.7 Å². The molecule has 2 aliphatic heterocycles. The van der Waals surface area contributed by atoms with Crippen LogP contribution in [-0.2, 0) is 19.4 Å². The maximum absolute atomic E-state index is 13.6. The number of rotatable bonds is 4. The molecule has 0 bridgehead atoms. The van der Waals surface area contributed by atoms with E-state index in [9.17, 15) is 22.4 Å². The predicted molar refractivity (Wildman–Crippen MR) is 104 cm³/mol. The van der Waals surface area contributed by atoms with Crippen LogP contribution in [0, 0.1) is 5.82 Å². The van der Waals surface area contributed by atoms with Gasteiger partial charge in [0.25, 0.3) is 0 Å². The zero-order chi connectivity index (χ0) is 20.6. The quantitative estimate of drug-likeness (QED) is 0.677. The standard InChI is InChI=1S/C18H20BrFN2O5S/c1-3-27-17(23)15-10(2)22(12-6-7-28(25,26)9-12)18(24)21-16(15)11-4-5-14(20)13(19)8-11/h4-5,8,12,16H,3,6-7,9H2,1-2H3,(H,21,24)/t12-,16-/m0/s1. The summed E-state index contributed by atoms with van der Waals surface area (Å²) >= 11 is 3.11. The van der Waals surface area contributed by atoms with Crippen molar-refractivity contribution >= 4 is 37.8 Å². The molecule has 2 heterocycles. The van der Waals surface area contributed by atoms with Gasteiger partial charge >= 0.3 is 12.0 Å². The molecule has 1 aromatic carbocycles. The first-order chi connectivity index (χ1) is 13.1. The number of hydrogen-bond acceptors (Lipinski definition) is 5. The second kappa shape index (κ2) is 7.82. The Morgan fingerprint density at radius 1 is 1.43 bits per heavy atom. The number of amides is 2. The highest BCUT2D eigenvalue weighted by Gasteiger charge is 2.42. The zero-order valence-corrected chi connectivity index (χ0v) is 17.8. The highest BCUT2D eigenvalue weighted by atomic mass is 79.9. The van der Waals surface area contributed by atoms with Crippen molar-refractivity contribution in [1.29, 1.82) is 0 Å². The van der Waals surface area contributed by atoms with Gasteiger partial charge in [-0.2, -0.15) is 0 Å². The maximum atomic E-state index is 13.6. The minimum absolute atomic E-state index is 0.00218. The molecule has 0 saturated carbocycles. The molecule has 2 aliphatic rings. The van der Waals surface area contributed by atoms with Gasteiger partial charge in [-0.1, -0.05) is 6.07 Å². The zero-order valence-electron chi connectivity index (χ0n) is 15.4. The number of urea groups is 1. The Balaban J connectivity index is 2.07. The number of sulfone groups is 1. The molecule has 0 aromatic heterocycles. The molecule has 2 amide bonds. The Morgan fingerprint density at radius 2 is 2.14 bits per heavy atom. The molecule has 0 radical (unpaired) electrons. The molecule has 2 atom stereocenters. The molecule has 0 spiro atoms. The van der Waals surface area contributed by atoms with Crippen LogP contribution in [0.15, 0.2) is 33.9 Å². The molecular weight excluding hydrogens is 455 g/mol. The van der Waals surface area contributed by atoms with Gasteiger partial charge in [-0.3, -0.25) is 4.90 Å². The summed E-state index contributed by atoms with van der Waals surface area (Å²) in [5.41, 5.74) is 1.04. The average Bonchev–Trinajstić information content (AvgIpc) is 2.96. The van der Waals surface area contributed by atoms with Crippen LogP contribution >= 0.6 is 15.9 Å². The first-order valence-corrected chi connectivity index (χ1v) is 11.4. The fourth-order valence-electron chi connectivity index (χ4n) is 3.59. The summed E-state index contributed by atoms with van der Waals surface area (Å²) < 4.78 is 42.7. The van der Waals surface area contributed by atoms with E-state index in [1.54, 1.807) is 13.8 Å². The summed E-state index contributed by atoms with van der Waals surface area (Å²) in [6, 6.07) is 2.32. The number of nitrogens with one attached hydrogen (secondary N) is 1. The fraction of sp³-hybridized carbons (Fsp3) is 0.444. The highest BCUT2D eigenvalue weighted by molar-refractivity contribution is 9.10. The lowest BCUT2D eigenvalue weighted by Gasteiger charge is -2.38. The van der Waals surface area contributed by atoms with E-state index >= 15 is 0 Å². The topological polar surface area (TPSA) is 92.8 Å². The fourth-order valence-corrected chi connectivity index (χ4v) is 5.69. The maximum Gasteiger partial charge on any atom is 0.338 e. The molecular formula is C18H20BrFN2O5S. The number of esters is 1. The molecule has 28 heavy (non-hydrogen) atoms. The van der Waals surface area contributed by atoms with Crippen LogP contribution in [0.3, 0.4) is 0 Å². The highest BCUT2D eigenvalue weighted by Crippen LogP contribution is 2.35. The Kier molecular flexibility index (Phi) is 5.81. The van der Waals surface area contributed by atoms with Crippen molar-refractivity contribution in [3.8, 4) is 0 Å². The van der Waals surface area contributed by atoms with E-state index in [0.29, 0.717) is 17.7 Å². The number of hydrogen-bond donors (Lipinski definition) is 1. The van der Waals surface area contributed by atoms with Crippen LogP contribution in [0.2, 0.25) is 0 Å². The van der Waals surface area contributed by atoms with Gasteiger partial charge in [0.15, 0.2) is 9.84 Å². The third-order valence-electron chi connectivity index (χ3n) is 4.87. The van der Waals surface area contributed by atoms with E-state index in [-0.39, 0.29) is 28.2 Å². The van der Waals surface area contributed by atoms with Crippen molar-refractivity contribution in [3.05, 3.63) is 45.3 Å². The van der Waals surface area contributed by atoms with E-state index in [1.165, 1.54) is 23.1 Å². The largest absolute Gasteiger partial charge is 0.463 e. The van der Waals surface area contributed by atoms with Gasteiger partial charge in [-0.05, 0) is 53.9 Å². The normalized spacial score (nSPS) is 24.3. The number of ether oxygens (including phenoxy) is 1. The molecule has 7 nitrogen and oxygen atoms in total. The summed E-state index contributed by atoms with van der Waals surface area (Å²) in [4.78, 5) is 26.8. The van der Waals surface area contributed by atoms with Gasteiger partial charge in [0.1, 0.15) is 5.82 Å². The van der Waals surface area contributed by atoms with Crippen LogP contribution in [0.25, 0.3) is 0 Å². The van der Waals surface area contributed by atoms with Crippen molar-refractivity contribution in [2.45, 2.75) is 32.4 Å². The Labute approximate surface area is 171 Å². The molecule has 0 aliphatic carbocycles. The molecule has 0 unspecified atom stereocenters. The Hall–Kier alpha value is -1.94. The number of carbonyl (C=O) groups excluding carboxylic acids is 2. The third kappa shape index (κ3) is 3.93. The second-order valence-corrected chi connectivity index (χ2v) is 9.79. The smallest absolute Gasteiger partial charge is 0.338 e. The van der Waals surface area contributed by atoms with Gasteiger partial charge in [0.05, 0.1) is 40.2 Å². The lowest BCUT2D eigenvalue weighted by Crippen LogP contribution is -2.52. The summed E-state index contributed by atoms with van der Waals surface area (Å²) in [6.07, 6.45) is 0.302. The van der Waals surface area contributed by atoms with Crippen molar-refractivity contribution in [2.75, 3.05) is 18.1 Å². The van der Waals surface area contributed by atoms with Crippen LogP contribution in [0.4, 0.5) is 9.18 Å². The Morgan fingerprint density at radius 3 is 2.71 bits per heavy atom. The van der Waals surface area contributed by atoms with Gasteiger partial charge in [0, 0.05) is 5.70 Å².